The zero-order valence-corrected chi connectivity index (χ0v) is 14.6. The van der Waals surface area contributed by atoms with Crippen molar-refractivity contribution < 1.29 is 9.53 Å². The fourth-order valence-corrected chi connectivity index (χ4v) is 3.11. The predicted octanol–water partition coefficient (Wildman–Crippen LogP) is 3.42. The van der Waals surface area contributed by atoms with Crippen LogP contribution in [0.2, 0.25) is 0 Å². The van der Waals surface area contributed by atoms with E-state index in [1.807, 2.05) is 36.4 Å². The van der Waals surface area contributed by atoms with Crippen LogP contribution in [-0.4, -0.2) is 30.6 Å². The Morgan fingerprint density at radius 3 is 2.56 bits per heavy atom. The number of carbonyl (C=O) groups is 1. The van der Waals surface area contributed by atoms with E-state index in [9.17, 15) is 4.79 Å². The number of pyridine rings is 1. The van der Waals surface area contributed by atoms with Crippen LogP contribution in [0.3, 0.4) is 0 Å². The van der Waals surface area contributed by atoms with Crippen molar-refractivity contribution in [2.24, 2.45) is 0 Å². The topological polar surface area (TPSA) is 63.2 Å². The van der Waals surface area contributed by atoms with Crippen LogP contribution < -0.4 is 15.4 Å². The van der Waals surface area contributed by atoms with E-state index in [4.69, 9.17) is 4.74 Å². The Balaban J connectivity index is 1.45. The number of hydrogen-bond donors (Lipinski definition) is 2. The summed E-state index contributed by atoms with van der Waals surface area (Å²) in [6, 6.07) is 12.1. The normalized spacial score (nSPS) is 14.3. The number of methoxy groups -OCH3 is 1. The summed E-state index contributed by atoms with van der Waals surface area (Å²) in [5.74, 6) is 1.60. The van der Waals surface area contributed by atoms with Gasteiger partial charge in [-0.15, -0.1) is 0 Å². The molecule has 0 aliphatic heterocycles. The zero-order valence-electron chi connectivity index (χ0n) is 14.6. The molecule has 132 valence electrons. The van der Waals surface area contributed by atoms with E-state index in [2.05, 4.69) is 15.6 Å². The number of nitrogens with zero attached hydrogens (tertiary/aromatic N) is 1. The highest BCUT2D eigenvalue weighted by molar-refractivity contribution is 5.94. The average molecular weight is 339 g/mol. The number of aromatic nitrogens is 1. The number of amides is 1. The minimum absolute atomic E-state index is 0.0894. The summed E-state index contributed by atoms with van der Waals surface area (Å²) in [4.78, 5) is 16.6. The predicted molar refractivity (Wildman–Crippen MR) is 99.1 cm³/mol. The molecule has 1 aromatic heterocycles. The molecule has 0 bridgehead atoms. The first-order chi connectivity index (χ1) is 12.2. The minimum Gasteiger partial charge on any atom is -0.497 e. The Morgan fingerprint density at radius 2 is 1.92 bits per heavy atom. The third-order valence-electron chi connectivity index (χ3n) is 4.59. The van der Waals surface area contributed by atoms with E-state index in [1.54, 1.807) is 13.3 Å². The largest absolute Gasteiger partial charge is 0.497 e. The summed E-state index contributed by atoms with van der Waals surface area (Å²) < 4.78 is 5.14. The quantitative estimate of drug-likeness (QED) is 0.811. The van der Waals surface area contributed by atoms with Gasteiger partial charge in [0, 0.05) is 18.8 Å². The van der Waals surface area contributed by atoms with Crippen molar-refractivity contribution >= 4 is 11.7 Å². The summed E-state index contributed by atoms with van der Waals surface area (Å²) in [7, 11) is 1.65. The molecule has 1 aliphatic carbocycles. The Bertz CT molecular complexity index is 677. The van der Waals surface area contributed by atoms with Gasteiger partial charge in [-0.3, -0.25) is 4.79 Å². The maximum absolute atomic E-state index is 12.2. The summed E-state index contributed by atoms with van der Waals surface area (Å²) in [6.45, 7) is 0.591. The number of rotatable bonds is 7. The second-order valence-corrected chi connectivity index (χ2v) is 6.41. The molecule has 0 radical (unpaired) electrons. The first-order valence-corrected chi connectivity index (χ1v) is 8.88. The first kappa shape index (κ1) is 17.3. The molecule has 0 atom stereocenters. The van der Waals surface area contributed by atoms with Crippen LogP contribution in [0, 0.1) is 0 Å². The molecule has 5 heteroatoms. The number of anilines is 1. The third-order valence-corrected chi connectivity index (χ3v) is 4.59. The van der Waals surface area contributed by atoms with Crippen molar-refractivity contribution in [3.63, 3.8) is 0 Å². The number of benzene rings is 1. The van der Waals surface area contributed by atoms with Crippen molar-refractivity contribution in [3.05, 3.63) is 53.7 Å². The van der Waals surface area contributed by atoms with Gasteiger partial charge < -0.3 is 15.4 Å². The summed E-state index contributed by atoms with van der Waals surface area (Å²) in [5, 5.41) is 6.37. The van der Waals surface area contributed by atoms with Crippen molar-refractivity contribution in [1.82, 2.24) is 10.3 Å². The fraction of sp³-hybridized carbons (Fsp3) is 0.400. The lowest BCUT2D eigenvalue weighted by Gasteiger charge is -2.12. The van der Waals surface area contributed by atoms with Gasteiger partial charge in [0.15, 0.2) is 0 Å². The Kier molecular flexibility index (Phi) is 5.88. The summed E-state index contributed by atoms with van der Waals surface area (Å²) >= 11 is 0. The summed E-state index contributed by atoms with van der Waals surface area (Å²) in [5.41, 5.74) is 1.75. The number of carbonyl (C=O) groups excluding carboxylic acids is 1. The van der Waals surface area contributed by atoms with Gasteiger partial charge in [0.2, 0.25) is 0 Å². The first-order valence-electron chi connectivity index (χ1n) is 8.88. The third kappa shape index (κ3) is 4.95. The maximum Gasteiger partial charge on any atom is 0.252 e. The molecule has 0 spiro atoms. The van der Waals surface area contributed by atoms with E-state index in [0.717, 1.165) is 23.6 Å². The highest BCUT2D eigenvalue weighted by atomic mass is 16.5. The molecule has 1 fully saturated rings. The van der Waals surface area contributed by atoms with Crippen LogP contribution in [0.4, 0.5) is 5.82 Å². The van der Waals surface area contributed by atoms with Crippen LogP contribution in [0.25, 0.3) is 0 Å². The van der Waals surface area contributed by atoms with Crippen molar-refractivity contribution in [2.45, 2.75) is 38.1 Å². The van der Waals surface area contributed by atoms with Crippen LogP contribution >= 0.6 is 0 Å². The van der Waals surface area contributed by atoms with E-state index >= 15 is 0 Å². The lowest BCUT2D eigenvalue weighted by Crippen LogP contribution is -2.26. The number of hydrogen-bond acceptors (Lipinski definition) is 4. The Morgan fingerprint density at radius 1 is 1.16 bits per heavy atom. The van der Waals surface area contributed by atoms with Gasteiger partial charge in [0.05, 0.1) is 12.7 Å². The van der Waals surface area contributed by atoms with Gasteiger partial charge in [-0.25, -0.2) is 4.98 Å². The van der Waals surface area contributed by atoms with E-state index in [-0.39, 0.29) is 5.91 Å². The van der Waals surface area contributed by atoms with Gasteiger partial charge >= 0.3 is 0 Å². The van der Waals surface area contributed by atoms with Gasteiger partial charge in [0.1, 0.15) is 11.6 Å². The second kappa shape index (κ2) is 8.51. The molecule has 2 aromatic rings. The van der Waals surface area contributed by atoms with Crippen molar-refractivity contribution in [1.29, 1.82) is 0 Å². The molecule has 0 unspecified atom stereocenters. The fourth-order valence-electron chi connectivity index (χ4n) is 3.11. The molecule has 1 aromatic carbocycles. The van der Waals surface area contributed by atoms with Crippen LogP contribution in [0.15, 0.2) is 42.6 Å². The molecule has 2 N–H and O–H groups in total. The highest BCUT2D eigenvalue weighted by Crippen LogP contribution is 2.21. The van der Waals surface area contributed by atoms with E-state index in [0.29, 0.717) is 18.2 Å². The molecule has 1 heterocycles. The number of nitrogens with one attached hydrogen (secondary N) is 2. The molecular weight excluding hydrogens is 314 g/mol. The highest BCUT2D eigenvalue weighted by Gasteiger charge is 2.15. The molecule has 1 saturated carbocycles. The summed E-state index contributed by atoms with van der Waals surface area (Å²) in [6.07, 6.45) is 7.40. The molecule has 0 saturated heterocycles. The van der Waals surface area contributed by atoms with Crippen LogP contribution in [0.5, 0.6) is 5.75 Å². The standard InChI is InChI=1S/C20H25N3O2/c1-25-18-9-6-15(7-10-18)12-13-21-20(24)16-8-11-19(22-14-16)23-17-4-2-3-5-17/h6-11,14,17H,2-5,12-13H2,1H3,(H,21,24)(H,22,23). The monoisotopic (exact) mass is 339 g/mol. The molecule has 5 nitrogen and oxygen atoms in total. The second-order valence-electron chi connectivity index (χ2n) is 6.41. The molecule has 3 rings (SSSR count). The van der Waals surface area contributed by atoms with Gasteiger partial charge in [-0.1, -0.05) is 25.0 Å². The lowest BCUT2D eigenvalue weighted by molar-refractivity contribution is 0.0954. The molecular formula is C20H25N3O2. The van der Waals surface area contributed by atoms with Crippen LogP contribution in [0.1, 0.15) is 41.6 Å². The van der Waals surface area contributed by atoms with E-state index in [1.165, 1.54) is 25.7 Å². The van der Waals surface area contributed by atoms with Gasteiger partial charge in [0.25, 0.3) is 5.91 Å². The zero-order chi connectivity index (χ0) is 17.5. The SMILES string of the molecule is COc1ccc(CCNC(=O)c2ccc(NC3CCCC3)nc2)cc1. The minimum atomic E-state index is -0.0894. The molecule has 25 heavy (non-hydrogen) atoms. The van der Waals surface area contributed by atoms with E-state index < -0.39 is 0 Å². The molecule has 1 aliphatic rings. The molecule has 1 amide bonds. The van der Waals surface area contributed by atoms with Crippen molar-refractivity contribution in [2.75, 3.05) is 19.0 Å². The van der Waals surface area contributed by atoms with Gasteiger partial charge in [-0.05, 0) is 49.1 Å². The number of ether oxygens (including phenoxy) is 1. The Hall–Kier alpha value is -2.56. The maximum atomic E-state index is 12.2. The lowest BCUT2D eigenvalue weighted by atomic mass is 10.1. The van der Waals surface area contributed by atoms with Crippen LogP contribution in [-0.2, 0) is 6.42 Å². The van der Waals surface area contributed by atoms with Gasteiger partial charge in [-0.2, -0.15) is 0 Å². The van der Waals surface area contributed by atoms with Crippen molar-refractivity contribution in [3.8, 4) is 5.75 Å². The Labute approximate surface area is 148 Å². The average Bonchev–Trinajstić information content (AvgIpc) is 3.16. The smallest absolute Gasteiger partial charge is 0.252 e.